The Balaban J connectivity index is 1.44. The van der Waals surface area contributed by atoms with Gasteiger partial charge in [-0.3, -0.25) is 9.59 Å². The van der Waals surface area contributed by atoms with Gasteiger partial charge in [0, 0.05) is 31.1 Å². The Morgan fingerprint density at radius 2 is 2.07 bits per heavy atom. The topological polar surface area (TPSA) is 74.9 Å². The Kier molecular flexibility index (Phi) is 4.78. The molecular formula is C20H21N3O3S. The van der Waals surface area contributed by atoms with E-state index in [4.69, 9.17) is 4.42 Å². The smallest absolute Gasteiger partial charge is 0.311 e. The molecule has 0 spiro atoms. The van der Waals surface area contributed by atoms with Crippen molar-refractivity contribution in [2.45, 2.75) is 19.8 Å². The molecule has 2 amide bonds. The van der Waals surface area contributed by atoms with Crippen molar-refractivity contribution in [3.63, 3.8) is 0 Å². The van der Waals surface area contributed by atoms with Gasteiger partial charge < -0.3 is 14.6 Å². The molecule has 6 nitrogen and oxygen atoms in total. The molecule has 2 aliphatic heterocycles. The number of carbonyl (C=O) groups excluding carboxylic acids is 2. The van der Waals surface area contributed by atoms with Gasteiger partial charge in [0.05, 0.1) is 4.91 Å². The molecule has 0 unspecified atom stereocenters. The van der Waals surface area contributed by atoms with E-state index >= 15 is 0 Å². The summed E-state index contributed by atoms with van der Waals surface area (Å²) < 4.78 is 5.82. The quantitative estimate of drug-likeness (QED) is 0.849. The minimum Gasteiger partial charge on any atom is -0.451 e. The van der Waals surface area contributed by atoms with E-state index in [0.717, 1.165) is 46.0 Å². The number of likely N-dealkylation sites (N-methyl/N-ethyl adjacent to an activating group) is 1. The molecule has 2 aromatic rings. The first-order valence-electron chi connectivity index (χ1n) is 9.04. The highest BCUT2D eigenvalue weighted by molar-refractivity contribution is 8.18. The minimum absolute atomic E-state index is 0.0438. The summed E-state index contributed by atoms with van der Waals surface area (Å²) in [5.74, 6) is 1.37. The molecule has 3 heterocycles. The van der Waals surface area contributed by atoms with Gasteiger partial charge in [0.25, 0.3) is 5.91 Å². The highest BCUT2D eigenvalue weighted by atomic mass is 32.2. The van der Waals surface area contributed by atoms with Crippen molar-refractivity contribution in [2.75, 3.05) is 20.1 Å². The van der Waals surface area contributed by atoms with E-state index in [1.54, 1.807) is 7.05 Å². The van der Waals surface area contributed by atoms with Crippen molar-refractivity contribution in [3.05, 3.63) is 46.6 Å². The number of nitrogens with one attached hydrogen (secondary N) is 1. The summed E-state index contributed by atoms with van der Waals surface area (Å²) in [6, 6.07) is 7.73. The number of allylic oxidation sites excluding steroid dienone is 1. The lowest BCUT2D eigenvalue weighted by atomic mass is 9.96. The summed E-state index contributed by atoms with van der Waals surface area (Å²) in [6.45, 7) is 3.28. The van der Waals surface area contributed by atoms with Crippen LogP contribution in [0.1, 0.15) is 29.0 Å². The number of carbonyl (C=O) groups is 2. The van der Waals surface area contributed by atoms with Crippen LogP contribution < -0.4 is 5.32 Å². The van der Waals surface area contributed by atoms with Crippen molar-refractivity contribution in [1.82, 2.24) is 10.2 Å². The summed E-state index contributed by atoms with van der Waals surface area (Å²) in [4.78, 5) is 31.1. The van der Waals surface area contributed by atoms with Crippen molar-refractivity contribution in [3.8, 4) is 0 Å². The van der Waals surface area contributed by atoms with Gasteiger partial charge in [0.15, 0.2) is 5.76 Å². The third-order valence-corrected chi connectivity index (χ3v) is 5.94. The van der Waals surface area contributed by atoms with Gasteiger partial charge >= 0.3 is 5.24 Å². The SMILES string of the molecule is CNC1=NC(=O)S/C1=C\C1CCN(C(=O)c2oc3ccccc3c2C)CC1. The number of para-hydroxylation sites is 1. The molecule has 0 radical (unpaired) electrons. The second-order valence-corrected chi connectivity index (χ2v) is 7.78. The predicted octanol–water partition coefficient (Wildman–Crippen LogP) is 3.96. The van der Waals surface area contributed by atoms with E-state index in [0.29, 0.717) is 30.6 Å². The van der Waals surface area contributed by atoms with Crippen molar-refractivity contribution in [1.29, 1.82) is 0 Å². The van der Waals surface area contributed by atoms with Crippen LogP contribution in [-0.2, 0) is 0 Å². The first-order valence-corrected chi connectivity index (χ1v) is 9.86. The van der Waals surface area contributed by atoms with Gasteiger partial charge in [-0.1, -0.05) is 24.3 Å². The van der Waals surface area contributed by atoms with Crippen LogP contribution in [-0.4, -0.2) is 42.0 Å². The molecule has 0 aliphatic carbocycles. The maximum atomic E-state index is 12.9. The molecule has 1 saturated heterocycles. The summed E-state index contributed by atoms with van der Waals surface area (Å²) >= 11 is 1.16. The van der Waals surface area contributed by atoms with Crippen LogP contribution in [0.3, 0.4) is 0 Å². The molecule has 0 saturated carbocycles. The number of furan rings is 1. The van der Waals surface area contributed by atoms with Crippen LogP contribution in [0.4, 0.5) is 4.79 Å². The van der Waals surface area contributed by atoms with E-state index in [1.165, 1.54) is 0 Å². The Hall–Kier alpha value is -2.54. The van der Waals surface area contributed by atoms with Crippen LogP contribution in [0.5, 0.6) is 0 Å². The zero-order valence-electron chi connectivity index (χ0n) is 15.3. The summed E-state index contributed by atoms with van der Waals surface area (Å²) in [5.41, 5.74) is 1.65. The normalized spacial score (nSPS) is 19.8. The zero-order valence-corrected chi connectivity index (χ0v) is 16.1. The Bertz CT molecular complexity index is 968. The first kappa shape index (κ1) is 17.9. The number of amidine groups is 1. The van der Waals surface area contributed by atoms with Gasteiger partial charge in [-0.05, 0) is 43.5 Å². The number of nitrogens with zero attached hydrogens (tertiary/aromatic N) is 2. The lowest BCUT2D eigenvalue weighted by molar-refractivity contribution is 0.0674. The largest absolute Gasteiger partial charge is 0.451 e. The minimum atomic E-state index is -0.182. The standard InChI is InChI=1S/C20H21N3O3S/c1-12-14-5-3-4-6-15(14)26-17(12)19(24)23-9-7-13(8-10-23)11-16-18(21-2)22-20(25)27-16/h3-6,11,13H,7-10H2,1-2H3,(H,21,22,25)/b16-11-. The predicted molar refractivity (Wildman–Crippen MR) is 107 cm³/mol. The third kappa shape index (κ3) is 3.39. The summed E-state index contributed by atoms with van der Waals surface area (Å²) in [5, 5.41) is 3.77. The molecule has 0 bridgehead atoms. The molecular weight excluding hydrogens is 362 g/mol. The van der Waals surface area contributed by atoms with Crippen molar-refractivity contribution >= 4 is 39.7 Å². The maximum absolute atomic E-state index is 12.9. The lowest BCUT2D eigenvalue weighted by Crippen LogP contribution is -2.38. The molecule has 4 rings (SSSR count). The number of hydrogen-bond donors (Lipinski definition) is 1. The number of likely N-dealkylation sites (tertiary alicyclic amines) is 1. The Morgan fingerprint density at radius 1 is 1.33 bits per heavy atom. The van der Waals surface area contributed by atoms with Crippen LogP contribution in [0.2, 0.25) is 0 Å². The average Bonchev–Trinajstić information content (AvgIpc) is 3.21. The van der Waals surface area contributed by atoms with Gasteiger partial charge in [0.2, 0.25) is 0 Å². The second-order valence-electron chi connectivity index (χ2n) is 6.79. The number of hydrogen-bond acceptors (Lipinski definition) is 5. The van der Waals surface area contributed by atoms with Crippen molar-refractivity contribution < 1.29 is 14.0 Å². The van der Waals surface area contributed by atoms with Gasteiger partial charge in [0.1, 0.15) is 11.4 Å². The molecule has 27 heavy (non-hydrogen) atoms. The highest BCUT2D eigenvalue weighted by Gasteiger charge is 2.28. The number of aliphatic imine (C=N–C) groups is 1. The van der Waals surface area contributed by atoms with E-state index in [1.807, 2.05) is 36.1 Å². The summed E-state index contributed by atoms with van der Waals surface area (Å²) in [6.07, 6.45) is 3.83. The molecule has 1 fully saturated rings. The van der Waals surface area contributed by atoms with Crippen molar-refractivity contribution in [2.24, 2.45) is 10.9 Å². The van der Waals surface area contributed by atoms with E-state index < -0.39 is 0 Å². The van der Waals surface area contributed by atoms with Gasteiger partial charge in [-0.2, -0.15) is 4.99 Å². The lowest BCUT2D eigenvalue weighted by Gasteiger charge is -2.30. The highest BCUT2D eigenvalue weighted by Crippen LogP contribution is 2.31. The van der Waals surface area contributed by atoms with Crippen LogP contribution in [0.15, 0.2) is 44.7 Å². The first-order chi connectivity index (χ1) is 13.1. The molecule has 0 atom stereocenters. The number of piperidine rings is 1. The van der Waals surface area contributed by atoms with Crippen LogP contribution in [0, 0.1) is 12.8 Å². The fourth-order valence-electron chi connectivity index (χ4n) is 3.61. The Labute approximate surface area is 161 Å². The van der Waals surface area contributed by atoms with E-state index in [2.05, 4.69) is 16.4 Å². The zero-order chi connectivity index (χ0) is 19.0. The number of rotatable bonds is 2. The van der Waals surface area contributed by atoms with Crippen LogP contribution >= 0.6 is 11.8 Å². The number of amides is 2. The maximum Gasteiger partial charge on any atom is 0.311 e. The number of benzene rings is 1. The number of aryl methyl sites for hydroxylation is 1. The average molecular weight is 383 g/mol. The summed E-state index contributed by atoms with van der Waals surface area (Å²) in [7, 11) is 1.77. The fourth-order valence-corrected chi connectivity index (χ4v) is 4.44. The van der Waals surface area contributed by atoms with Gasteiger partial charge in [-0.15, -0.1) is 0 Å². The molecule has 2 aliphatic rings. The van der Waals surface area contributed by atoms with Crippen LogP contribution in [0.25, 0.3) is 11.0 Å². The molecule has 1 aromatic carbocycles. The monoisotopic (exact) mass is 383 g/mol. The third-order valence-electron chi connectivity index (χ3n) is 5.12. The number of fused-ring (bicyclic) bond motifs is 1. The molecule has 1 N–H and O–H groups in total. The van der Waals surface area contributed by atoms with E-state index in [9.17, 15) is 9.59 Å². The molecule has 7 heteroatoms. The van der Waals surface area contributed by atoms with Gasteiger partial charge in [-0.25, -0.2) is 0 Å². The molecule has 140 valence electrons. The molecule has 1 aromatic heterocycles. The fraction of sp³-hybridized carbons (Fsp3) is 0.350. The van der Waals surface area contributed by atoms with E-state index in [-0.39, 0.29) is 11.1 Å². The Morgan fingerprint density at radius 3 is 2.78 bits per heavy atom. The number of thioether (sulfide) groups is 1. The second kappa shape index (κ2) is 7.23.